The van der Waals surface area contributed by atoms with Gasteiger partial charge in [-0.1, -0.05) is 54.6 Å². The topological polar surface area (TPSA) is 231 Å². The van der Waals surface area contributed by atoms with E-state index in [1.165, 1.54) is 54.6 Å². The van der Waals surface area contributed by atoms with Gasteiger partial charge in [-0.2, -0.15) is 0 Å². The molecular weight excluding hydrogens is 684 g/mol. The third-order valence-electron chi connectivity index (χ3n) is 9.23. The first-order valence-corrected chi connectivity index (χ1v) is 16.8. The summed E-state index contributed by atoms with van der Waals surface area (Å²) in [5, 5.41) is 61.7. The Labute approximate surface area is 302 Å². The van der Waals surface area contributed by atoms with Crippen LogP contribution in [0.2, 0.25) is 0 Å². The lowest BCUT2D eigenvalue weighted by Crippen LogP contribution is -2.54. The number of ether oxygens (including phenoxy) is 1. The van der Waals surface area contributed by atoms with Crippen LogP contribution in [0.5, 0.6) is 17.2 Å². The van der Waals surface area contributed by atoms with Crippen molar-refractivity contribution < 1.29 is 44.7 Å². The van der Waals surface area contributed by atoms with Gasteiger partial charge >= 0.3 is 5.97 Å². The van der Waals surface area contributed by atoms with Gasteiger partial charge < -0.3 is 51.2 Å². The van der Waals surface area contributed by atoms with Crippen molar-refractivity contribution in [1.29, 1.82) is 0 Å². The van der Waals surface area contributed by atoms with Crippen LogP contribution < -0.4 is 26.2 Å². The Morgan fingerprint density at radius 1 is 0.849 bits per heavy atom. The molecule has 0 bridgehead atoms. The van der Waals surface area contributed by atoms with Gasteiger partial charge in [-0.05, 0) is 60.4 Å². The number of carboxylic acid groups (broad SMARTS) is 1. The number of rotatable bonds is 14. The Bertz CT molecular complexity index is 2200. The van der Waals surface area contributed by atoms with Gasteiger partial charge in [-0.15, -0.1) is 0 Å². The predicted molar refractivity (Wildman–Crippen MR) is 192 cm³/mol. The number of carbonyl (C=O) groups excluding carboxylic acids is 2. The quantitative estimate of drug-likeness (QED) is 0.0809. The van der Waals surface area contributed by atoms with E-state index in [1.807, 2.05) is 0 Å². The summed E-state index contributed by atoms with van der Waals surface area (Å²) in [7, 11) is 0. The van der Waals surface area contributed by atoms with E-state index in [-0.39, 0.29) is 82.7 Å². The number of pyridine rings is 1. The molecule has 1 aliphatic carbocycles. The van der Waals surface area contributed by atoms with E-state index in [2.05, 4.69) is 20.9 Å². The first-order valence-electron chi connectivity index (χ1n) is 16.8. The van der Waals surface area contributed by atoms with Crippen molar-refractivity contribution in [3.8, 4) is 17.2 Å². The first-order chi connectivity index (χ1) is 25.4. The molecule has 14 nitrogen and oxygen atoms in total. The van der Waals surface area contributed by atoms with Crippen molar-refractivity contribution in [2.24, 2.45) is 0 Å². The van der Waals surface area contributed by atoms with E-state index >= 15 is 0 Å². The molecule has 0 saturated heterocycles. The molecule has 0 radical (unpaired) electrons. The number of benzene rings is 4. The van der Waals surface area contributed by atoms with E-state index in [0.717, 1.165) is 0 Å². The van der Waals surface area contributed by atoms with E-state index in [4.69, 9.17) is 4.74 Å². The Morgan fingerprint density at radius 3 is 2.32 bits per heavy atom. The number of nitrogens with one attached hydrogen (secondary N) is 4. The number of phenolic OH excluding ortho intramolecular Hbond substituents is 2. The molecule has 5 aromatic rings. The van der Waals surface area contributed by atoms with Crippen molar-refractivity contribution >= 4 is 28.7 Å². The monoisotopic (exact) mass is 722 g/mol. The number of aromatic nitrogens is 1. The highest BCUT2D eigenvalue weighted by atomic mass is 16.5. The van der Waals surface area contributed by atoms with Crippen LogP contribution in [0.4, 0.5) is 0 Å². The van der Waals surface area contributed by atoms with Gasteiger partial charge in [-0.3, -0.25) is 14.4 Å². The molecule has 14 heteroatoms. The number of carboxylic acids is 1. The smallest absolute Gasteiger partial charge is 0.345 e. The lowest BCUT2D eigenvalue weighted by atomic mass is 9.86. The third kappa shape index (κ3) is 8.15. The number of carbonyl (C=O) groups is 3. The summed E-state index contributed by atoms with van der Waals surface area (Å²) < 4.78 is 5.59. The molecule has 0 spiro atoms. The minimum Gasteiger partial charge on any atom is -0.508 e. The minimum atomic E-state index is -2.31. The molecule has 9 N–H and O–H groups in total. The number of aliphatic hydroxyl groups is 2. The summed E-state index contributed by atoms with van der Waals surface area (Å²) in [6, 6.07) is 23.8. The molecule has 1 aliphatic rings. The van der Waals surface area contributed by atoms with Crippen molar-refractivity contribution in [3.05, 3.63) is 135 Å². The second-order valence-corrected chi connectivity index (χ2v) is 12.9. The van der Waals surface area contributed by atoms with Crippen molar-refractivity contribution in [1.82, 2.24) is 20.9 Å². The molecule has 2 atom stereocenters. The van der Waals surface area contributed by atoms with Crippen LogP contribution in [0.15, 0.2) is 102 Å². The number of phenols is 2. The number of H-pyrrole nitrogens is 1. The maximum absolute atomic E-state index is 12.9. The van der Waals surface area contributed by atoms with Crippen LogP contribution in [0.25, 0.3) is 10.9 Å². The Morgan fingerprint density at radius 2 is 1.58 bits per heavy atom. The number of amides is 2. The largest absolute Gasteiger partial charge is 0.508 e. The minimum absolute atomic E-state index is 0.0724. The van der Waals surface area contributed by atoms with Gasteiger partial charge in [-0.25, -0.2) is 4.79 Å². The zero-order chi connectivity index (χ0) is 37.7. The summed E-state index contributed by atoms with van der Waals surface area (Å²) in [4.78, 5) is 51.8. The van der Waals surface area contributed by atoms with Crippen LogP contribution in [0.1, 0.15) is 51.6 Å². The summed E-state index contributed by atoms with van der Waals surface area (Å²) in [6.07, 6.45) is -0.0121. The maximum atomic E-state index is 12.9. The van der Waals surface area contributed by atoms with Gasteiger partial charge in [0.2, 0.25) is 11.2 Å². The number of fused-ring (bicyclic) bond motifs is 1. The Hall–Kier alpha value is -6.22. The molecule has 274 valence electrons. The third-order valence-corrected chi connectivity index (χ3v) is 9.23. The van der Waals surface area contributed by atoms with Gasteiger partial charge in [0.05, 0.1) is 11.6 Å². The van der Waals surface area contributed by atoms with Crippen molar-refractivity contribution in [2.45, 2.75) is 43.2 Å². The van der Waals surface area contributed by atoms with Crippen LogP contribution in [0, 0.1) is 0 Å². The molecule has 0 aliphatic heterocycles. The molecule has 1 saturated carbocycles. The molecule has 2 unspecified atom stereocenters. The molecule has 1 heterocycles. The first kappa shape index (κ1) is 36.6. The number of aliphatic carboxylic acids is 1. The highest BCUT2D eigenvalue weighted by Gasteiger charge is 2.40. The van der Waals surface area contributed by atoms with E-state index < -0.39 is 23.6 Å². The second-order valence-electron chi connectivity index (χ2n) is 12.9. The van der Waals surface area contributed by atoms with Gasteiger partial charge in [0, 0.05) is 53.3 Å². The van der Waals surface area contributed by atoms with Crippen LogP contribution in [-0.4, -0.2) is 73.5 Å². The van der Waals surface area contributed by atoms with Crippen LogP contribution >= 0.6 is 0 Å². The summed E-state index contributed by atoms with van der Waals surface area (Å²) in [6.45, 7) is -0.0523. The SMILES string of the molecule is O=C(COc1cccc(C(O)(C(=O)O)c2ccccc2)c1)NC1CC(NC(=O)c2ccc(CNCC(O)c3ccc(O)c4[nH]c(=O)ccc34)c(O)c2)C1. The zero-order valence-corrected chi connectivity index (χ0v) is 28.3. The summed E-state index contributed by atoms with van der Waals surface area (Å²) in [5.41, 5.74) is -0.959. The highest BCUT2D eigenvalue weighted by Crippen LogP contribution is 2.32. The van der Waals surface area contributed by atoms with E-state index in [1.54, 1.807) is 42.5 Å². The Balaban J connectivity index is 0.938. The van der Waals surface area contributed by atoms with Crippen LogP contribution in [0.3, 0.4) is 0 Å². The summed E-state index contributed by atoms with van der Waals surface area (Å²) >= 11 is 0. The average molecular weight is 723 g/mol. The fraction of sp³-hybridized carbons (Fsp3) is 0.231. The molecule has 6 rings (SSSR count). The summed E-state index contributed by atoms with van der Waals surface area (Å²) in [5.74, 6) is -2.26. The fourth-order valence-electron chi connectivity index (χ4n) is 6.30. The van der Waals surface area contributed by atoms with Crippen molar-refractivity contribution in [3.63, 3.8) is 0 Å². The molecule has 1 aromatic heterocycles. The molecular formula is C39H38N4O10. The number of aliphatic hydroxyl groups excluding tert-OH is 1. The molecule has 53 heavy (non-hydrogen) atoms. The lowest BCUT2D eigenvalue weighted by molar-refractivity contribution is -0.155. The zero-order valence-electron chi connectivity index (χ0n) is 28.3. The van der Waals surface area contributed by atoms with Crippen LogP contribution in [-0.2, 0) is 21.7 Å². The number of aromatic hydroxyl groups is 2. The number of hydrogen-bond donors (Lipinski definition) is 9. The number of aromatic amines is 1. The normalized spacial score (nSPS) is 16.9. The maximum Gasteiger partial charge on any atom is 0.345 e. The second kappa shape index (κ2) is 15.6. The molecule has 4 aromatic carbocycles. The standard InChI is InChI=1S/C39H38N4O10/c44-31-13-11-29(30-12-14-34(47)43-36(30)31)33(46)20-40-19-23-10-9-22(15-32(23)45)37(49)42-27-17-26(18-27)41-35(48)21-53-28-8-4-7-25(16-28)39(52,38(50)51)24-5-2-1-3-6-24/h1-16,26-27,33,40,44-46,52H,17-21H2,(H,41,48)(H,42,49)(H,43,47)(H,50,51). The lowest BCUT2D eigenvalue weighted by Gasteiger charge is -2.36. The molecule has 2 amide bonds. The van der Waals surface area contributed by atoms with Crippen molar-refractivity contribution in [2.75, 3.05) is 13.2 Å². The number of hydrogen-bond acceptors (Lipinski definition) is 10. The average Bonchev–Trinajstić information content (AvgIpc) is 3.14. The van der Waals surface area contributed by atoms with Gasteiger partial charge in [0.15, 0.2) is 6.61 Å². The highest BCUT2D eigenvalue weighted by molar-refractivity contribution is 5.95. The van der Waals surface area contributed by atoms with E-state index in [0.29, 0.717) is 29.4 Å². The molecule has 1 fully saturated rings. The Kier molecular flexibility index (Phi) is 10.7. The van der Waals surface area contributed by atoms with Gasteiger partial charge in [0.25, 0.3) is 11.8 Å². The fourth-order valence-corrected chi connectivity index (χ4v) is 6.30. The predicted octanol–water partition coefficient (Wildman–Crippen LogP) is 2.54. The van der Waals surface area contributed by atoms with E-state index in [9.17, 15) is 44.7 Å². The van der Waals surface area contributed by atoms with Gasteiger partial charge in [0.1, 0.15) is 17.2 Å².